The quantitative estimate of drug-likeness (QED) is 0.587. The van der Waals surface area contributed by atoms with E-state index in [1.807, 2.05) is 6.92 Å². The lowest BCUT2D eigenvalue weighted by molar-refractivity contribution is 0.193. The van der Waals surface area contributed by atoms with Gasteiger partial charge in [-0.15, -0.1) is 11.8 Å². The maximum atomic E-state index is 8.69. The Labute approximate surface area is 103 Å². The summed E-state index contributed by atoms with van der Waals surface area (Å²) in [7, 11) is 0. The van der Waals surface area contributed by atoms with Crippen molar-refractivity contribution in [1.29, 1.82) is 0 Å². The Bertz CT molecular complexity index is 341. The summed E-state index contributed by atoms with van der Waals surface area (Å²) in [5.41, 5.74) is 5.53. The second kappa shape index (κ2) is 6.90. The van der Waals surface area contributed by atoms with Crippen molar-refractivity contribution in [3.8, 4) is 5.88 Å². The molecule has 0 saturated heterocycles. The number of halogens is 1. The first-order chi connectivity index (χ1) is 7.69. The normalized spacial score (nSPS) is 12.5. The van der Waals surface area contributed by atoms with Crippen LogP contribution in [0.3, 0.4) is 0 Å². The zero-order valence-corrected chi connectivity index (χ0v) is 10.5. The minimum atomic E-state index is -0.0713. The van der Waals surface area contributed by atoms with Crippen LogP contribution in [0.1, 0.15) is 6.92 Å². The first kappa shape index (κ1) is 13.5. The molecule has 5 nitrogen and oxygen atoms in total. The first-order valence-electron chi connectivity index (χ1n) is 4.80. The van der Waals surface area contributed by atoms with E-state index in [0.29, 0.717) is 22.5 Å². The van der Waals surface area contributed by atoms with Crippen LogP contribution in [0.5, 0.6) is 5.88 Å². The molecule has 1 heterocycles. The molecule has 0 amide bonds. The molecule has 1 aromatic rings. The lowest BCUT2D eigenvalue weighted by Crippen LogP contribution is -2.13. The number of nitrogens with zero attached hydrogens (tertiary/aromatic N) is 2. The van der Waals surface area contributed by atoms with Crippen molar-refractivity contribution in [2.24, 2.45) is 5.73 Å². The van der Waals surface area contributed by atoms with E-state index in [1.165, 1.54) is 18.1 Å². The van der Waals surface area contributed by atoms with E-state index in [2.05, 4.69) is 9.97 Å². The van der Waals surface area contributed by atoms with Gasteiger partial charge in [0.15, 0.2) is 0 Å². The average Bonchev–Trinajstić information content (AvgIpc) is 2.29. The molecule has 0 radical (unpaired) electrons. The van der Waals surface area contributed by atoms with Gasteiger partial charge in [0.25, 0.3) is 0 Å². The molecule has 7 heteroatoms. The number of nitrogens with two attached hydrogens (primary N) is 1. The minimum Gasteiger partial charge on any atom is -0.474 e. The van der Waals surface area contributed by atoms with Crippen LogP contribution >= 0.6 is 23.4 Å². The molecular formula is C9H14ClN3O2S. The zero-order valence-electron chi connectivity index (χ0n) is 8.89. The Hall–Kier alpha value is -0.560. The van der Waals surface area contributed by atoms with Gasteiger partial charge in [-0.25, -0.2) is 9.97 Å². The van der Waals surface area contributed by atoms with Gasteiger partial charge in [-0.3, -0.25) is 0 Å². The van der Waals surface area contributed by atoms with Crippen molar-refractivity contribution in [3.63, 3.8) is 0 Å². The summed E-state index contributed by atoms with van der Waals surface area (Å²) in [4.78, 5) is 8.52. The van der Waals surface area contributed by atoms with Gasteiger partial charge in [0.2, 0.25) is 5.88 Å². The summed E-state index contributed by atoms with van der Waals surface area (Å²) in [6.07, 6.45) is 1.33. The molecule has 1 unspecified atom stereocenters. The van der Waals surface area contributed by atoms with Gasteiger partial charge < -0.3 is 15.6 Å². The molecule has 0 aliphatic rings. The van der Waals surface area contributed by atoms with Crippen LogP contribution in [0.25, 0.3) is 0 Å². The fourth-order valence-electron chi connectivity index (χ4n) is 0.931. The maximum Gasteiger partial charge on any atom is 0.232 e. The molecule has 1 atom stereocenters. The topological polar surface area (TPSA) is 81.3 Å². The van der Waals surface area contributed by atoms with E-state index in [-0.39, 0.29) is 18.5 Å². The lowest BCUT2D eigenvalue weighted by Gasteiger charge is -2.12. The van der Waals surface area contributed by atoms with Gasteiger partial charge in [-0.2, -0.15) is 0 Å². The standard InChI is InChI=1S/C9H14ClN3O2S/c1-6(4-11)16-7-8(10)12-5-13-9(7)15-3-2-14/h5-6,14H,2-4,11H2,1H3. The predicted molar refractivity (Wildman–Crippen MR) is 64.0 cm³/mol. The molecule has 90 valence electrons. The van der Waals surface area contributed by atoms with E-state index < -0.39 is 0 Å². The number of ether oxygens (including phenoxy) is 1. The largest absolute Gasteiger partial charge is 0.474 e. The van der Waals surface area contributed by atoms with Crippen molar-refractivity contribution in [3.05, 3.63) is 11.5 Å². The van der Waals surface area contributed by atoms with Crippen LogP contribution in [0.15, 0.2) is 11.2 Å². The highest BCUT2D eigenvalue weighted by Crippen LogP contribution is 2.34. The van der Waals surface area contributed by atoms with Crippen molar-refractivity contribution in [2.75, 3.05) is 19.8 Å². The number of aliphatic hydroxyl groups is 1. The van der Waals surface area contributed by atoms with Gasteiger partial charge in [0.05, 0.1) is 6.61 Å². The maximum absolute atomic E-state index is 8.69. The SMILES string of the molecule is CC(CN)Sc1c(Cl)ncnc1OCCO. The minimum absolute atomic E-state index is 0.0713. The third kappa shape index (κ3) is 3.79. The highest BCUT2D eigenvalue weighted by molar-refractivity contribution is 8.00. The Morgan fingerprint density at radius 2 is 2.38 bits per heavy atom. The predicted octanol–water partition coefficient (Wildman–Crippen LogP) is 0.940. The van der Waals surface area contributed by atoms with Crippen LogP contribution in [-0.4, -0.2) is 40.1 Å². The van der Waals surface area contributed by atoms with E-state index in [9.17, 15) is 0 Å². The van der Waals surface area contributed by atoms with E-state index in [1.54, 1.807) is 0 Å². The highest BCUT2D eigenvalue weighted by Gasteiger charge is 2.14. The molecule has 0 aromatic carbocycles. The first-order valence-corrected chi connectivity index (χ1v) is 6.05. The van der Waals surface area contributed by atoms with Gasteiger partial charge in [0, 0.05) is 11.8 Å². The molecule has 16 heavy (non-hydrogen) atoms. The monoisotopic (exact) mass is 263 g/mol. The number of aliphatic hydroxyl groups excluding tert-OH is 1. The molecule has 0 bridgehead atoms. The van der Waals surface area contributed by atoms with E-state index in [0.717, 1.165) is 0 Å². The van der Waals surface area contributed by atoms with Crippen LogP contribution in [0.2, 0.25) is 5.15 Å². The van der Waals surface area contributed by atoms with Gasteiger partial charge >= 0.3 is 0 Å². The number of hydrogen-bond acceptors (Lipinski definition) is 6. The van der Waals surface area contributed by atoms with E-state index in [4.69, 9.17) is 27.2 Å². The van der Waals surface area contributed by atoms with Crippen molar-refractivity contribution in [2.45, 2.75) is 17.1 Å². The zero-order chi connectivity index (χ0) is 12.0. The summed E-state index contributed by atoms with van der Waals surface area (Å²) in [5.74, 6) is 0.388. The fourth-order valence-corrected chi connectivity index (χ4v) is 2.05. The molecule has 0 aliphatic carbocycles. The Kier molecular flexibility index (Phi) is 5.83. The van der Waals surface area contributed by atoms with Gasteiger partial charge in [0.1, 0.15) is 23.0 Å². The van der Waals surface area contributed by atoms with Crippen LogP contribution in [0.4, 0.5) is 0 Å². The number of rotatable bonds is 6. The summed E-state index contributed by atoms with van der Waals surface area (Å²) in [6.45, 7) is 2.61. The fraction of sp³-hybridized carbons (Fsp3) is 0.556. The summed E-state index contributed by atoms with van der Waals surface area (Å²) in [6, 6.07) is 0. The third-order valence-corrected chi connectivity index (χ3v) is 3.31. The summed E-state index contributed by atoms with van der Waals surface area (Å²) >= 11 is 7.41. The molecule has 0 saturated carbocycles. The molecule has 0 fully saturated rings. The van der Waals surface area contributed by atoms with Crippen LogP contribution < -0.4 is 10.5 Å². The highest BCUT2D eigenvalue weighted by atomic mass is 35.5. The number of aromatic nitrogens is 2. The number of hydrogen-bond donors (Lipinski definition) is 2. The lowest BCUT2D eigenvalue weighted by atomic mass is 10.5. The molecule has 1 rings (SSSR count). The summed E-state index contributed by atoms with van der Waals surface area (Å²) < 4.78 is 5.27. The van der Waals surface area contributed by atoms with Gasteiger partial charge in [-0.05, 0) is 0 Å². The Balaban J connectivity index is 2.85. The Morgan fingerprint density at radius 3 is 3.00 bits per heavy atom. The molecule has 0 spiro atoms. The second-order valence-electron chi connectivity index (χ2n) is 3.03. The van der Waals surface area contributed by atoms with Crippen molar-refractivity contribution in [1.82, 2.24) is 9.97 Å². The van der Waals surface area contributed by atoms with Crippen molar-refractivity contribution < 1.29 is 9.84 Å². The summed E-state index contributed by atoms with van der Waals surface area (Å²) in [5, 5.41) is 9.22. The molecule has 3 N–H and O–H groups in total. The third-order valence-electron chi connectivity index (χ3n) is 1.71. The van der Waals surface area contributed by atoms with Crippen LogP contribution in [-0.2, 0) is 0 Å². The van der Waals surface area contributed by atoms with E-state index >= 15 is 0 Å². The Morgan fingerprint density at radius 1 is 1.62 bits per heavy atom. The average molecular weight is 264 g/mol. The molecular weight excluding hydrogens is 250 g/mol. The molecule has 1 aromatic heterocycles. The van der Waals surface area contributed by atoms with Gasteiger partial charge in [-0.1, -0.05) is 18.5 Å². The second-order valence-corrected chi connectivity index (χ2v) is 4.84. The van der Waals surface area contributed by atoms with Crippen LogP contribution in [0, 0.1) is 0 Å². The van der Waals surface area contributed by atoms with Crippen molar-refractivity contribution >= 4 is 23.4 Å². The number of thioether (sulfide) groups is 1. The smallest absolute Gasteiger partial charge is 0.232 e. The molecule has 0 aliphatic heterocycles.